The molecule has 146 valence electrons. The van der Waals surface area contributed by atoms with Gasteiger partial charge in [-0.2, -0.15) is 18.3 Å². The summed E-state index contributed by atoms with van der Waals surface area (Å²) in [5.41, 5.74) is 0.466. The Hall–Kier alpha value is -2.23. The molecule has 0 spiro atoms. The molecule has 1 aromatic heterocycles. The number of carbonyl (C=O) groups is 1. The third kappa shape index (κ3) is 3.15. The Morgan fingerprint density at radius 1 is 1.26 bits per heavy atom. The van der Waals surface area contributed by atoms with Crippen molar-refractivity contribution in [2.45, 2.75) is 37.5 Å². The fraction of sp³-hybridized carbons (Fsp3) is 0.529. The first kappa shape index (κ1) is 18.1. The summed E-state index contributed by atoms with van der Waals surface area (Å²) >= 11 is 0. The number of likely N-dealkylation sites (tertiary alicyclic amines) is 1. The topological polar surface area (TPSA) is 50.2 Å². The lowest BCUT2D eigenvalue weighted by Crippen LogP contribution is -2.45. The van der Waals surface area contributed by atoms with Gasteiger partial charge < -0.3 is 10.2 Å². The lowest BCUT2D eigenvalue weighted by Gasteiger charge is -2.26. The molecule has 5 nitrogen and oxygen atoms in total. The third-order valence-corrected chi connectivity index (χ3v) is 5.20. The Bertz CT molecular complexity index is 890. The van der Waals surface area contributed by atoms with E-state index in [1.807, 2.05) is 0 Å². The second kappa shape index (κ2) is 6.43. The number of halogens is 5. The summed E-state index contributed by atoms with van der Waals surface area (Å²) in [6.07, 6.45) is -4.38. The second-order valence-electron chi connectivity index (χ2n) is 6.97. The van der Waals surface area contributed by atoms with E-state index in [9.17, 15) is 26.7 Å². The molecular weight excluding hydrogens is 371 g/mol. The van der Waals surface area contributed by atoms with Gasteiger partial charge in [0.05, 0.1) is 16.6 Å². The number of alkyl halides is 3. The van der Waals surface area contributed by atoms with Crippen molar-refractivity contribution < 1.29 is 26.7 Å². The highest BCUT2D eigenvalue weighted by molar-refractivity contribution is 5.85. The first-order valence-corrected chi connectivity index (χ1v) is 8.68. The van der Waals surface area contributed by atoms with Crippen molar-refractivity contribution in [3.8, 4) is 0 Å². The summed E-state index contributed by atoms with van der Waals surface area (Å²) in [5.74, 6) is -2.47. The summed E-state index contributed by atoms with van der Waals surface area (Å²) in [6.45, 7) is 0.648. The van der Waals surface area contributed by atoms with E-state index in [1.165, 1.54) is 0 Å². The van der Waals surface area contributed by atoms with E-state index in [0.29, 0.717) is 18.8 Å². The van der Waals surface area contributed by atoms with E-state index in [4.69, 9.17) is 0 Å². The van der Waals surface area contributed by atoms with Gasteiger partial charge in [0.15, 0.2) is 0 Å². The summed E-state index contributed by atoms with van der Waals surface area (Å²) in [4.78, 5) is 13.3. The van der Waals surface area contributed by atoms with Gasteiger partial charge in [0, 0.05) is 37.7 Å². The van der Waals surface area contributed by atoms with Crippen LogP contribution in [0.1, 0.15) is 24.5 Å². The zero-order valence-corrected chi connectivity index (χ0v) is 14.2. The standard InChI is InChI=1S/C17H17F5N4O/c18-10-4-11(19)15-12(5-10)26(24-16(15)9-6-23-7-9)8-14(27)25-3-1-2-13(25)17(20,21)22/h4-5,9,13,23H,1-3,6-8H2/t13-/m0/s1. The number of aromatic nitrogens is 2. The van der Waals surface area contributed by atoms with Crippen LogP contribution in [0, 0.1) is 11.6 Å². The number of amides is 1. The predicted octanol–water partition coefficient (Wildman–Crippen LogP) is 2.55. The summed E-state index contributed by atoms with van der Waals surface area (Å²) in [7, 11) is 0. The van der Waals surface area contributed by atoms with Crippen molar-refractivity contribution in [1.82, 2.24) is 20.0 Å². The minimum atomic E-state index is -4.50. The molecule has 0 radical (unpaired) electrons. The van der Waals surface area contributed by atoms with Crippen molar-refractivity contribution in [2.75, 3.05) is 19.6 Å². The van der Waals surface area contributed by atoms with E-state index < -0.39 is 36.3 Å². The molecule has 0 saturated carbocycles. The van der Waals surface area contributed by atoms with Gasteiger partial charge in [-0.15, -0.1) is 0 Å². The van der Waals surface area contributed by atoms with Gasteiger partial charge in [-0.1, -0.05) is 0 Å². The maximum Gasteiger partial charge on any atom is 0.408 e. The maximum atomic E-state index is 14.3. The molecule has 0 unspecified atom stereocenters. The largest absolute Gasteiger partial charge is 0.408 e. The highest BCUT2D eigenvalue weighted by Gasteiger charge is 2.47. The van der Waals surface area contributed by atoms with E-state index >= 15 is 0 Å². The first-order valence-electron chi connectivity index (χ1n) is 8.68. The third-order valence-electron chi connectivity index (χ3n) is 5.20. The number of rotatable bonds is 3. The lowest BCUT2D eigenvalue weighted by atomic mass is 9.96. The number of hydrogen-bond acceptors (Lipinski definition) is 3. The Kier molecular flexibility index (Phi) is 4.32. The second-order valence-corrected chi connectivity index (χ2v) is 6.97. The first-order chi connectivity index (χ1) is 12.8. The minimum absolute atomic E-state index is 0.00430. The molecule has 1 amide bonds. The van der Waals surface area contributed by atoms with Crippen molar-refractivity contribution in [3.63, 3.8) is 0 Å². The normalized spacial score (nSPS) is 21.1. The molecule has 4 rings (SSSR count). The van der Waals surface area contributed by atoms with Crippen LogP contribution in [0.3, 0.4) is 0 Å². The average Bonchev–Trinajstić information content (AvgIpc) is 3.11. The van der Waals surface area contributed by atoms with Crippen LogP contribution in [0.4, 0.5) is 22.0 Å². The molecular formula is C17H17F5N4O. The van der Waals surface area contributed by atoms with E-state index in [2.05, 4.69) is 10.4 Å². The van der Waals surface area contributed by atoms with Crippen LogP contribution in [0.15, 0.2) is 12.1 Å². The van der Waals surface area contributed by atoms with E-state index in [0.717, 1.165) is 21.7 Å². The highest BCUT2D eigenvalue weighted by atomic mass is 19.4. The molecule has 2 saturated heterocycles. The predicted molar refractivity (Wildman–Crippen MR) is 86.0 cm³/mol. The van der Waals surface area contributed by atoms with Crippen LogP contribution in [0.25, 0.3) is 10.9 Å². The summed E-state index contributed by atoms with van der Waals surface area (Å²) in [5, 5.41) is 7.39. The molecule has 1 aromatic carbocycles. The van der Waals surface area contributed by atoms with Crippen LogP contribution in [0.2, 0.25) is 0 Å². The Labute approximate surface area is 151 Å². The molecule has 3 heterocycles. The van der Waals surface area contributed by atoms with Gasteiger partial charge in [-0.05, 0) is 12.8 Å². The number of hydrogen-bond donors (Lipinski definition) is 1. The molecule has 1 atom stereocenters. The number of carbonyl (C=O) groups excluding carboxylic acids is 1. The maximum absolute atomic E-state index is 14.3. The van der Waals surface area contributed by atoms with Gasteiger partial charge in [0.2, 0.25) is 5.91 Å². The van der Waals surface area contributed by atoms with Crippen LogP contribution in [0.5, 0.6) is 0 Å². The zero-order valence-electron chi connectivity index (χ0n) is 14.2. The Morgan fingerprint density at radius 2 is 2.00 bits per heavy atom. The summed E-state index contributed by atoms with van der Waals surface area (Å²) in [6, 6.07) is -0.0265. The number of nitrogens with one attached hydrogen (secondary N) is 1. The number of nitrogens with zero attached hydrogens (tertiary/aromatic N) is 3. The van der Waals surface area contributed by atoms with Gasteiger partial charge in [-0.3, -0.25) is 9.48 Å². The molecule has 2 fully saturated rings. The van der Waals surface area contributed by atoms with Gasteiger partial charge >= 0.3 is 6.18 Å². The molecule has 1 N–H and O–H groups in total. The van der Waals surface area contributed by atoms with Crippen molar-refractivity contribution in [1.29, 1.82) is 0 Å². The average molecular weight is 388 g/mol. The lowest BCUT2D eigenvalue weighted by molar-refractivity contribution is -0.183. The van der Waals surface area contributed by atoms with Gasteiger partial charge in [0.1, 0.15) is 24.2 Å². The fourth-order valence-corrected chi connectivity index (χ4v) is 3.76. The quantitative estimate of drug-likeness (QED) is 0.823. The zero-order chi connectivity index (χ0) is 19.3. The van der Waals surface area contributed by atoms with Crippen LogP contribution < -0.4 is 5.32 Å². The molecule has 27 heavy (non-hydrogen) atoms. The number of benzene rings is 1. The Morgan fingerprint density at radius 3 is 2.63 bits per heavy atom. The van der Waals surface area contributed by atoms with E-state index in [-0.39, 0.29) is 36.2 Å². The number of fused-ring (bicyclic) bond motifs is 1. The molecule has 10 heteroatoms. The van der Waals surface area contributed by atoms with Gasteiger partial charge in [-0.25, -0.2) is 8.78 Å². The smallest absolute Gasteiger partial charge is 0.329 e. The van der Waals surface area contributed by atoms with Gasteiger partial charge in [0.25, 0.3) is 0 Å². The van der Waals surface area contributed by atoms with Crippen molar-refractivity contribution in [3.05, 3.63) is 29.5 Å². The molecule has 2 aliphatic heterocycles. The summed E-state index contributed by atoms with van der Waals surface area (Å²) < 4.78 is 68.5. The molecule has 2 aromatic rings. The Balaban J connectivity index is 1.68. The van der Waals surface area contributed by atoms with E-state index in [1.54, 1.807) is 0 Å². The monoisotopic (exact) mass is 388 g/mol. The minimum Gasteiger partial charge on any atom is -0.329 e. The van der Waals surface area contributed by atoms with Crippen LogP contribution in [-0.2, 0) is 11.3 Å². The van der Waals surface area contributed by atoms with Crippen LogP contribution >= 0.6 is 0 Å². The van der Waals surface area contributed by atoms with Crippen molar-refractivity contribution in [2.24, 2.45) is 0 Å². The fourth-order valence-electron chi connectivity index (χ4n) is 3.76. The molecule has 0 bridgehead atoms. The van der Waals surface area contributed by atoms with Crippen molar-refractivity contribution >= 4 is 16.8 Å². The SMILES string of the molecule is O=C(Cn1nc(C2CNC2)c2c(F)cc(F)cc21)N1CCC[C@H]1C(F)(F)F. The molecule has 2 aliphatic rings. The molecule has 0 aliphatic carbocycles. The van der Waals surface area contributed by atoms with Crippen LogP contribution in [-0.4, -0.2) is 52.4 Å². The highest BCUT2D eigenvalue weighted by Crippen LogP contribution is 2.34.